The van der Waals surface area contributed by atoms with Crippen LogP contribution < -0.4 is 10.1 Å². The number of hydrogen-bond donors (Lipinski definition) is 2. The van der Waals surface area contributed by atoms with Crippen LogP contribution in [0, 0.1) is 5.82 Å². The minimum absolute atomic E-state index is 0.430. The molecule has 1 atom stereocenters. The van der Waals surface area contributed by atoms with Crippen LogP contribution in [0.3, 0.4) is 0 Å². The summed E-state index contributed by atoms with van der Waals surface area (Å²) in [5.74, 6) is -5.13. The normalized spacial score (nSPS) is 12.7. The van der Waals surface area contributed by atoms with E-state index in [1.54, 1.807) is 0 Å². The molecule has 1 amide bonds. The van der Waals surface area contributed by atoms with Gasteiger partial charge in [-0.25, -0.2) is 9.18 Å². The van der Waals surface area contributed by atoms with Crippen molar-refractivity contribution in [3.8, 4) is 5.75 Å². The van der Waals surface area contributed by atoms with Crippen LogP contribution in [-0.2, 0) is 9.59 Å². The van der Waals surface area contributed by atoms with Crippen LogP contribution >= 0.6 is 0 Å². The molecule has 0 heterocycles. The first-order chi connectivity index (χ1) is 9.11. The van der Waals surface area contributed by atoms with Crippen LogP contribution in [0.5, 0.6) is 5.75 Å². The Bertz CT molecular complexity index is 530. The van der Waals surface area contributed by atoms with Crippen molar-refractivity contribution in [3.05, 3.63) is 24.0 Å². The first kappa shape index (κ1) is 15.7. The van der Waals surface area contributed by atoms with E-state index < -0.39 is 41.4 Å². The van der Waals surface area contributed by atoms with Gasteiger partial charge in [0.25, 0.3) is 0 Å². The summed E-state index contributed by atoms with van der Waals surface area (Å²) >= 11 is 0. The third kappa shape index (κ3) is 4.11. The van der Waals surface area contributed by atoms with Gasteiger partial charge in [-0.15, -0.1) is 0 Å². The molecule has 0 radical (unpaired) electrons. The van der Waals surface area contributed by atoms with E-state index in [1.165, 1.54) is 5.32 Å². The molecular formula is C11H9F4NO4. The zero-order valence-electron chi connectivity index (χ0n) is 9.99. The highest BCUT2D eigenvalue weighted by Gasteiger charge is 2.38. The van der Waals surface area contributed by atoms with Crippen LogP contribution in [0.4, 0.5) is 23.2 Å². The molecule has 0 fully saturated rings. The number of nitrogens with one attached hydrogen (secondary N) is 1. The topological polar surface area (TPSA) is 75.6 Å². The van der Waals surface area contributed by atoms with Gasteiger partial charge in [0.05, 0.1) is 0 Å². The number of benzene rings is 1. The van der Waals surface area contributed by atoms with Gasteiger partial charge in [0, 0.05) is 11.8 Å². The molecule has 1 unspecified atom stereocenters. The van der Waals surface area contributed by atoms with E-state index in [4.69, 9.17) is 9.84 Å². The quantitative estimate of drug-likeness (QED) is 0.835. The van der Waals surface area contributed by atoms with Crippen molar-refractivity contribution < 1.29 is 37.0 Å². The Hall–Kier alpha value is -2.32. The number of carboxylic acid groups (broad SMARTS) is 1. The fourth-order valence-corrected chi connectivity index (χ4v) is 1.12. The molecule has 2 N–H and O–H groups in total. The van der Waals surface area contributed by atoms with Gasteiger partial charge in [0.15, 0.2) is 17.7 Å². The van der Waals surface area contributed by atoms with Crippen molar-refractivity contribution in [2.24, 2.45) is 0 Å². The fraction of sp³-hybridized carbons (Fsp3) is 0.273. The number of rotatable bonds is 4. The summed E-state index contributed by atoms with van der Waals surface area (Å²) in [5.41, 5.74) is -0.430. The molecule has 0 saturated carbocycles. The third-order valence-electron chi connectivity index (χ3n) is 2.10. The lowest BCUT2D eigenvalue weighted by molar-refractivity contribution is -0.167. The number of amides is 1. The zero-order valence-corrected chi connectivity index (χ0v) is 9.99. The monoisotopic (exact) mass is 295 g/mol. The number of ether oxygens (including phenoxy) is 1. The second kappa shape index (κ2) is 5.76. The van der Waals surface area contributed by atoms with Gasteiger partial charge in [0.2, 0.25) is 0 Å². The van der Waals surface area contributed by atoms with Crippen molar-refractivity contribution in [2.75, 3.05) is 5.32 Å². The lowest BCUT2D eigenvalue weighted by atomic mass is 10.2. The van der Waals surface area contributed by atoms with Crippen molar-refractivity contribution in [2.45, 2.75) is 19.2 Å². The SMILES string of the molecule is CC(Oc1ccc(NC(=O)C(F)(F)F)cc1F)C(=O)O. The van der Waals surface area contributed by atoms with E-state index in [0.29, 0.717) is 6.07 Å². The Morgan fingerprint density at radius 1 is 1.35 bits per heavy atom. The molecule has 0 bridgehead atoms. The Labute approximate surface area is 110 Å². The predicted octanol–water partition coefficient (Wildman–Crippen LogP) is 2.18. The summed E-state index contributed by atoms with van der Waals surface area (Å²) < 4.78 is 54.1. The molecule has 1 rings (SSSR count). The maximum Gasteiger partial charge on any atom is 0.471 e. The molecule has 0 aliphatic carbocycles. The van der Waals surface area contributed by atoms with Crippen molar-refractivity contribution in [1.82, 2.24) is 0 Å². The van der Waals surface area contributed by atoms with Crippen LogP contribution in [0.25, 0.3) is 0 Å². The second-order valence-electron chi connectivity index (χ2n) is 3.70. The third-order valence-corrected chi connectivity index (χ3v) is 2.10. The molecule has 0 spiro atoms. The van der Waals surface area contributed by atoms with E-state index in [2.05, 4.69) is 0 Å². The largest absolute Gasteiger partial charge is 0.479 e. The molecule has 0 aliphatic heterocycles. The molecule has 0 saturated heterocycles. The van der Waals surface area contributed by atoms with Gasteiger partial charge < -0.3 is 15.2 Å². The van der Waals surface area contributed by atoms with Gasteiger partial charge in [-0.2, -0.15) is 13.2 Å². The second-order valence-corrected chi connectivity index (χ2v) is 3.70. The Morgan fingerprint density at radius 2 is 1.95 bits per heavy atom. The number of anilines is 1. The number of carbonyl (C=O) groups is 2. The molecule has 1 aromatic rings. The molecule has 20 heavy (non-hydrogen) atoms. The maximum absolute atomic E-state index is 13.5. The van der Waals surface area contributed by atoms with E-state index in [1.807, 2.05) is 0 Å². The van der Waals surface area contributed by atoms with Crippen LogP contribution in [0.2, 0.25) is 0 Å². The molecular weight excluding hydrogens is 286 g/mol. The Kier molecular flexibility index (Phi) is 4.53. The average molecular weight is 295 g/mol. The highest BCUT2D eigenvalue weighted by molar-refractivity contribution is 5.94. The predicted molar refractivity (Wildman–Crippen MR) is 58.8 cm³/mol. The van der Waals surface area contributed by atoms with Crippen molar-refractivity contribution in [1.29, 1.82) is 0 Å². The van der Waals surface area contributed by atoms with E-state index in [0.717, 1.165) is 19.1 Å². The minimum Gasteiger partial charge on any atom is -0.479 e. The molecule has 5 nitrogen and oxygen atoms in total. The number of carboxylic acids is 1. The number of halogens is 4. The van der Waals surface area contributed by atoms with Gasteiger partial charge in [-0.05, 0) is 19.1 Å². The average Bonchev–Trinajstić information content (AvgIpc) is 2.31. The van der Waals surface area contributed by atoms with Crippen LogP contribution in [0.15, 0.2) is 18.2 Å². The highest BCUT2D eigenvalue weighted by atomic mass is 19.4. The summed E-state index contributed by atoms with van der Waals surface area (Å²) in [5, 5.41) is 10.0. The Morgan fingerprint density at radius 3 is 2.40 bits per heavy atom. The van der Waals surface area contributed by atoms with Crippen LogP contribution in [0.1, 0.15) is 6.92 Å². The molecule has 9 heteroatoms. The molecule has 1 aromatic carbocycles. The molecule has 110 valence electrons. The van der Waals surface area contributed by atoms with Crippen molar-refractivity contribution >= 4 is 17.6 Å². The van der Waals surface area contributed by atoms with E-state index >= 15 is 0 Å². The smallest absolute Gasteiger partial charge is 0.471 e. The summed E-state index contributed by atoms with van der Waals surface area (Å²) in [4.78, 5) is 21.1. The first-order valence-electron chi connectivity index (χ1n) is 5.18. The number of alkyl halides is 3. The minimum atomic E-state index is -5.09. The van der Waals surface area contributed by atoms with Gasteiger partial charge in [0.1, 0.15) is 0 Å². The summed E-state index contributed by atoms with van der Waals surface area (Å²) in [6.45, 7) is 1.15. The lowest BCUT2D eigenvalue weighted by Crippen LogP contribution is -2.30. The number of aliphatic carboxylic acids is 1. The zero-order chi connectivity index (χ0) is 15.5. The Balaban J connectivity index is 2.83. The highest BCUT2D eigenvalue weighted by Crippen LogP contribution is 2.24. The molecule has 0 aromatic heterocycles. The molecule has 0 aliphatic rings. The van der Waals surface area contributed by atoms with Gasteiger partial charge >= 0.3 is 18.1 Å². The van der Waals surface area contributed by atoms with Gasteiger partial charge in [-0.3, -0.25) is 4.79 Å². The lowest BCUT2D eigenvalue weighted by Gasteiger charge is -2.12. The maximum atomic E-state index is 13.5. The summed E-state index contributed by atoms with van der Waals surface area (Å²) in [6.07, 6.45) is -6.43. The number of hydrogen-bond acceptors (Lipinski definition) is 3. The van der Waals surface area contributed by atoms with Gasteiger partial charge in [-0.1, -0.05) is 0 Å². The number of carbonyl (C=O) groups excluding carboxylic acids is 1. The summed E-state index contributed by atoms with van der Waals surface area (Å²) in [7, 11) is 0. The van der Waals surface area contributed by atoms with E-state index in [-0.39, 0.29) is 0 Å². The fourth-order valence-electron chi connectivity index (χ4n) is 1.12. The summed E-state index contributed by atoms with van der Waals surface area (Å²) in [6, 6.07) is 2.46. The standard InChI is InChI=1S/C11H9F4NO4/c1-5(9(17)18)20-8-3-2-6(4-7(8)12)16-10(19)11(13,14)15/h2-5H,1H3,(H,16,19)(H,17,18). The van der Waals surface area contributed by atoms with E-state index in [9.17, 15) is 27.2 Å². The van der Waals surface area contributed by atoms with Crippen LogP contribution in [-0.4, -0.2) is 29.3 Å². The first-order valence-corrected chi connectivity index (χ1v) is 5.18. The van der Waals surface area contributed by atoms with Crippen molar-refractivity contribution in [3.63, 3.8) is 0 Å².